The average Bonchev–Trinajstić information content (AvgIpc) is 3.10. The highest BCUT2D eigenvalue weighted by atomic mass is 35.5. The monoisotopic (exact) mass is 472 g/mol. The number of amides is 1. The molecule has 0 radical (unpaired) electrons. The summed E-state index contributed by atoms with van der Waals surface area (Å²) >= 11 is 13.0. The molecule has 1 amide bonds. The zero-order valence-corrected chi connectivity index (χ0v) is 18.0. The Labute approximate surface area is 181 Å². The first-order valence-corrected chi connectivity index (χ1v) is 12.1. The van der Waals surface area contributed by atoms with Crippen molar-refractivity contribution in [1.82, 2.24) is 0 Å². The maximum Gasteiger partial charge on any atom is 0.252 e. The number of carbonyl (C=O) groups is 1. The molecule has 2 aromatic carbocycles. The number of carbonyl (C=O) groups excluding carboxylic acids is 1. The Kier molecular flexibility index (Phi) is 5.63. The molecule has 2 fully saturated rings. The Morgan fingerprint density at radius 1 is 1.17 bits per heavy atom. The van der Waals surface area contributed by atoms with Gasteiger partial charge in [-0.05, 0) is 35.9 Å². The van der Waals surface area contributed by atoms with Crippen molar-refractivity contribution < 1.29 is 17.6 Å². The van der Waals surface area contributed by atoms with Gasteiger partial charge in [-0.1, -0.05) is 47.1 Å². The van der Waals surface area contributed by atoms with Crippen molar-refractivity contribution >= 4 is 61.6 Å². The third kappa shape index (κ3) is 4.45. The van der Waals surface area contributed by atoms with E-state index in [2.05, 4.69) is 4.99 Å². The van der Waals surface area contributed by atoms with Crippen LogP contribution >= 0.6 is 35.0 Å². The van der Waals surface area contributed by atoms with Crippen molar-refractivity contribution in [3.05, 3.63) is 63.9 Å². The van der Waals surface area contributed by atoms with E-state index in [1.54, 1.807) is 29.2 Å². The van der Waals surface area contributed by atoms with Gasteiger partial charge in [-0.2, -0.15) is 4.99 Å². The van der Waals surface area contributed by atoms with Gasteiger partial charge >= 0.3 is 0 Å². The summed E-state index contributed by atoms with van der Waals surface area (Å²) in [6.45, 7) is 0. The number of fused-ring (bicyclic) bond motifs is 1. The summed E-state index contributed by atoms with van der Waals surface area (Å²) in [5.74, 6) is -0.978. The minimum Gasteiger partial charge on any atom is -0.316 e. The summed E-state index contributed by atoms with van der Waals surface area (Å²) in [6.07, 6.45) is 0.0902. The molecule has 0 bridgehead atoms. The van der Waals surface area contributed by atoms with Crippen LogP contribution in [-0.2, 0) is 21.1 Å². The highest BCUT2D eigenvalue weighted by Gasteiger charge is 2.49. The summed E-state index contributed by atoms with van der Waals surface area (Å²) in [5, 5.41) is 0.651. The van der Waals surface area contributed by atoms with Gasteiger partial charge in [0, 0.05) is 16.0 Å². The third-order valence-corrected chi connectivity index (χ3v) is 8.49. The maximum atomic E-state index is 13.6. The fourth-order valence-corrected chi connectivity index (χ4v) is 7.66. The van der Waals surface area contributed by atoms with E-state index in [0.717, 1.165) is 5.56 Å². The van der Waals surface area contributed by atoms with Crippen LogP contribution in [0, 0.1) is 5.82 Å². The van der Waals surface area contributed by atoms with Crippen LogP contribution in [0.5, 0.6) is 0 Å². The summed E-state index contributed by atoms with van der Waals surface area (Å²) in [6, 6.07) is 10.7. The minimum absolute atomic E-state index is 0.0121. The molecule has 0 saturated carbocycles. The smallest absolute Gasteiger partial charge is 0.252 e. The highest BCUT2D eigenvalue weighted by Crippen LogP contribution is 2.41. The average molecular weight is 473 g/mol. The summed E-state index contributed by atoms with van der Waals surface area (Å²) in [7, 11) is -3.19. The van der Waals surface area contributed by atoms with Crippen LogP contribution < -0.4 is 4.90 Å². The first-order valence-electron chi connectivity index (χ1n) is 8.69. The van der Waals surface area contributed by atoms with Crippen LogP contribution in [0.1, 0.15) is 5.56 Å². The Balaban J connectivity index is 1.65. The van der Waals surface area contributed by atoms with Gasteiger partial charge in [0.25, 0.3) is 5.91 Å². The predicted octanol–water partition coefficient (Wildman–Crippen LogP) is 3.98. The van der Waals surface area contributed by atoms with E-state index in [1.807, 2.05) is 0 Å². The summed E-state index contributed by atoms with van der Waals surface area (Å²) < 4.78 is 37.8. The Morgan fingerprint density at radius 2 is 1.90 bits per heavy atom. The van der Waals surface area contributed by atoms with E-state index < -0.39 is 15.7 Å². The topological polar surface area (TPSA) is 66.8 Å². The number of thioether (sulfide) groups is 1. The number of anilines is 1. The fraction of sp³-hybridized carbons (Fsp3) is 0.263. The lowest BCUT2D eigenvalue weighted by Crippen LogP contribution is -2.37. The Bertz CT molecular complexity index is 1110. The molecule has 152 valence electrons. The molecule has 10 heteroatoms. The molecule has 0 N–H and O–H groups in total. The Hall–Kier alpha value is -1.61. The van der Waals surface area contributed by atoms with Crippen molar-refractivity contribution in [1.29, 1.82) is 0 Å². The number of hydrogen-bond donors (Lipinski definition) is 0. The molecule has 4 rings (SSSR count). The van der Waals surface area contributed by atoms with Crippen LogP contribution in [0.4, 0.5) is 10.1 Å². The molecule has 29 heavy (non-hydrogen) atoms. The van der Waals surface area contributed by atoms with Gasteiger partial charge < -0.3 is 4.90 Å². The van der Waals surface area contributed by atoms with E-state index >= 15 is 0 Å². The van der Waals surface area contributed by atoms with E-state index in [4.69, 9.17) is 23.2 Å². The van der Waals surface area contributed by atoms with Crippen LogP contribution in [0.25, 0.3) is 0 Å². The molecule has 0 aromatic heterocycles. The zero-order valence-electron chi connectivity index (χ0n) is 14.9. The normalized spacial score (nSPS) is 24.1. The molecule has 2 heterocycles. The largest absolute Gasteiger partial charge is 0.316 e. The van der Waals surface area contributed by atoms with E-state index in [9.17, 15) is 17.6 Å². The lowest BCUT2D eigenvalue weighted by Gasteiger charge is -2.24. The van der Waals surface area contributed by atoms with Crippen molar-refractivity contribution in [2.24, 2.45) is 4.99 Å². The van der Waals surface area contributed by atoms with Crippen molar-refractivity contribution in [3.8, 4) is 0 Å². The maximum absolute atomic E-state index is 13.6. The lowest BCUT2D eigenvalue weighted by atomic mass is 10.1. The molecule has 2 aromatic rings. The fourth-order valence-electron chi connectivity index (χ4n) is 3.42. The SMILES string of the molecule is O=C(Cc1ccc(Cl)cc1)N=C1S[C@@H]2CS(=O)(=O)C[C@H]2N1c1ccc(F)c(Cl)c1. The van der Waals surface area contributed by atoms with E-state index in [1.165, 1.54) is 30.0 Å². The van der Waals surface area contributed by atoms with Crippen LogP contribution in [-0.4, -0.2) is 42.3 Å². The highest BCUT2D eigenvalue weighted by molar-refractivity contribution is 8.16. The number of benzene rings is 2. The van der Waals surface area contributed by atoms with Gasteiger partial charge in [0.15, 0.2) is 15.0 Å². The molecule has 2 saturated heterocycles. The van der Waals surface area contributed by atoms with Gasteiger partial charge in [0.1, 0.15) is 5.82 Å². The second-order valence-electron chi connectivity index (χ2n) is 6.86. The number of nitrogens with zero attached hydrogens (tertiary/aromatic N) is 2. The zero-order chi connectivity index (χ0) is 20.8. The molecule has 0 spiro atoms. The number of rotatable bonds is 3. The second kappa shape index (κ2) is 7.91. The first kappa shape index (κ1) is 20.7. The molecular weight excluding hydrogens is 458 g/mol. The van der Waals surface area contributed by atoms with Gasteiger partial charge in [-0.15, -0.1) is 0 Å². The lowest BCUT2D eigenvalue weighted by molar-refractivity contribution is -0.117. The second-order valence-corrected chi connectivity index (χ2v) is 11.1. The van der Waals surface area contributed by atoms with E-state index in [0.29, 0.717) is 15.9 Å². The first-order chi connectivity index (χ1) is 13.7. The molecule has 2 aliphatic heterocycles. The molecule has 0 aliphatic carbocycles. The van der Waals surface area contributed by atoms with Crippen molar-refractivity contribution in [2.45, 2.75) is 17.7 Å². The van der Waals surface area contributed by atoms with Gasteiger partial charge in [-0.3, -0.25) is 4.79 Å². The van der Waals surface area contributed by atoms with E-state index in [-0.39, 0.29) is 40.1 Å². The van der Waals surface area contributed by atoms with Crippen molar-refractivity contribution in [3.63, 3.8) is 0 Å². The third-order valence-electron chi connectivity index (χ3n) is 4.74. The molecular formula is C19H15Cl2FN2O3S2. The molecule has 2 atom stereocenters. The molecule has 5 nitrogen and oxygen atoms in total. The number of aliphatic imine (C=N–C) groups is 1. The summed E-state index contributed by atoms with van der Waals surface area (Å²) in [4.78, 5) is 18.5. The number of sulfone groups is 1. The minimum atomic E-state index is -3.19. The predicted molar refractivity (Wildman–Crippen MR) is 115 cm³/mol. The van der Waals surface area contributed by atoms with Gasteiger partial charge in [0.05, 0.1) is 29.0 Å². The van der Waals surface area contributed by atoms with Gasteiger partial charge in [-0.25, -0.2) is 12.8 Å². The Morgan fingerprint density at radius 3 is 2.59 bits per heavy atom. The number of hydrogen-bond acceptors (Lipinski definition) is 4. The number of halogens is 3. The van der Waals surface area contributed by atoms with Crippen LogP contribution in [0.3, 0.4) is 0 Å². The summed E-state index contributed by atoms with van der Waals surface area (Å²) in [5.41, 5.74) is 1.28. The van der Waals surface area contributed by atoms with Crippen LogP contribution in [0.2, 0.25) is 10.0 Å². The quantitative estimate of drug-likeness (QED) is 0.675. The van der Waals surface area contributed by atoms with Crippen molar-refractivity contribution in [2.75, 3.05) is 16.4 Å². The molecule has 0 unspecified atom stereocenters. The molecule has 2 aliphatic rings. The van der Waals surface area contributed by atoms with Crippen LogP contribution in [0.15, 0.2) is 47.5 Å². The number of amidine groups is 1. The standard InChI is InChI=1S/C19H15Cl2FN2O3S2/c20-12-3-1-11(2-4-12)7-18(25)23-19-24(13-5-6-15(22)14(21)8-13)16-9-29(26,27)10-17(16)28-19/h1-6,8,16-17H,7,9-10H2/t16-,17-/m1/s1. The van der Waals surface area contributed by atoms with Gasteiger partial charge in [0.2, 0.25) is 0 Å².